The molecular weight excluding hydrogens is 231 g/mol. The van der Waals surface area contributed by atoms with Gasteiger partial charge in [0.1, 0.15) is 5.82 Å². The predicted octanol–water partition coefficient (Wildman–Crippen LogP) is 3.74. The Morgan fingerprint density at radius 1 is 1.39 bits per heavy atom. The quantitative estimate of drug-likeness (QED) is 0.719. The monoisotopic (exact) mass is 250 g/mol. The third-order valence-electron chi connectivity index (χ3n) is 2.61. The average molecular weight is 250 g/mol. The van der Waals surface area contributed by atoms with Gasteiger partial charge in [0, 0.05) is 6.42 Å². The normalized spacial score (nSPS) is 10.8. The van der Waals surface area contributed by atoms with E-state index in [1.54, 1.807) is 13.0 Å². The number of esters is 1. The van der Waals surface area contributed by atoms with Gasteiger partial charge in [-0.3, -0.25) is 4.79 Å². The summed E-state index contributed by atoms with van der Waals surface area (Å²) in [6, 6.07) is 4.77. The number of ether oxygens (including phenoxy) is 1. The predicted molar refractivity (Wildman–Crippen MR) is 70.7 cm³/mol. The van der Waals surface area contributed by atoms with Gasteiger partial charge in [-0.2, -0.15) is 0 Å². The molecule has 0 aliphatic rings. The molecule has 0 heterocycles. The molecule has 3 heteroatoms. The number of halogens is 1. The van der Waals surface area contributed by atoms with Gasteiger partial charge in [-0.15, -0.1) is 0 Å². The van der Waals surface area contributed by atoms with Crippen LogP contribution in [0.25, 0.3) is 6.08 Å². The van der Waals surface area contributed by atoms with Crippen molar-refractivity contribution in [2.75, 3.05) is 6.61 Å². The molecule has 0 N–H and O–H groups in total. The van der Waals surface area contributed by atoms with Gasteiger partial charge in [0.05, 0.1) is 6.61 Å². The fourth-order valence-corrected chi connectivity index (χ4v) is 1.69. The SMILES string of the molecule is CCOC(=O)CC/C=C/c1cc(F)ccc1CC. The fraction of sp³-hybridized carbons (Fsp3) is 0.400. The van der Waals surface area contributed by atoms with Crippen LogP contribution in [0.2, 0.25) is 0 Å². The minimum Gasteiger partial charge on any atom is -0.466 e. The van der Waals surface area contributed by atoms with Crippen LogP contribution in [0, 0.1) is 5.82 Å². The average Bonchev–Trinajstić information content (AvgIpc) is 2.35. The molecule has 0 fully saturated rings. The van der Waals surface area contributed by atoms with Crippen molar-refractivity contribution in [1.29, 1.82) is 0 Å². The third-order valence-corrected chi connectivity index (χ3v) is 2.61. The summed E-state index contributed by atoms with van der Waals surface area (Å²) in [5.74, 6) is -0.436. The number of hydrogen-bond donors (Lipinski definition) is 0. The van der Waals surface area contributed by atoms with Gasteiger partial charge in [-0.05, 0) is 43.0 Å². The van der Waals surface area contributed by atoms with E-state index in [1.165, 1.54) is 12.1 Å². The molecule has 1 aromatic carbocycles. The van der Waals surface area contributed by atoms with E-state index in [-0.39, 0.29) is 11.8 Å². The molecule has 0 radical (unpaired) electrons. The van der Waals surface area contributed by atoms with Crippen molar-refractivity contribution >= 4 is 12.0 Å². The fourth-order valence-electron chi connectivity index (χ4n) is 1.69. The second-order valence-corrected chi connectivity index (χ2v) is 3.94. The first-order valence-electron chi connectivity index (χ1n) is 6.28. The largest absolute Gasteiger partial charge is 0.466 e. The first kappa shape index (κ1) is 14.4. The summed E-state index contributed by atoms with van der Waals surface area (Å²) in [4.78, 5) is 11.1. The Kier molecular flexibility index (Phi) is 6.12. The molecule has 0 spiro atoms. The van der Waals surface area contributed by atoms with Crippen molar-refractivity contribution in [3.05, 3.63) is 41.2 Å². The number of carbonyl (C=O) groups excluding carboxylic acids is 1. The van der Waals surface area contributed by atoms with Crippen molar-refractivity contribution in [3.8, 4) is 0 Å². The van der Waals surface area contributed by atoms with Crippen LogP contribution in [0.4, 0.5) is 4.39 Å². The Morgan fingerprint density at radius 2 is 2.17 bits per heavy atom. The highest BCUT2D eigenvalue weighted by Gasteiger charge is 2.00. The summed E-state index contributed by atoms with van der Waals surface area (Å²) >= 11 is 0. The molecule has 0 aliphatic heterocycles. The summed E-state index contributed by atoms with van der Waals surface area (Å²) in [7, 11) is 0. The molecule has 0 saturated heterocycles. The van der Waals surface area contributed by atoms with Crippen molar-refractivity contribution in [2.24, 2.45) is 0 Å². The van der Waals surface area contributed by atoms with Gasteiger partial charge in [0.15, 0.2) is 0 Å². The van der Waals surface area contributed by atoms with Crippen LogP contribution in [-0.2, 0) is 16.0 Å². The Hall–Kier alpha value is -1.64. The number of carbonyl (C=O) groups is 1. The van der Waals surface area contributed by atoms with Gasteiger partial charge < -0.3 is 4.74 Å². The summed E-state index contributed by atoms with van der Waals surface area (Å²) in [6.07, 6.45) is 5.57. The third kappa shape index (κ3) is 4.70. The van der Waals surface area contributed by atoms with E-state index in [4.69, 9.17) is 4.74 Å². The molecule has 98 valence electrons. The number of rotatable bonds is 6. The van der Waals surface area contributed by atoms with Crippen molar-refractivity contribution in [3.63, 3.8) is 0 Å². The number of hydrogen-bond acceptors (Lipinski definition) is 2. The maximum Gasteiger partial charge on any atom is 0.306 e. The Morgan fingerprint density at radius 3 is 2.83 bits per heavy atom. The molecule has 0 amide bonds. The minimum absolute atomic E-state index is 0.197. The van der Waals surface area contributed by atoms with Crippen LogP contribution >= 0.6 is 0 Å². The highest BCUT2D eigenvalue weighted by Crippen LogP contribution is 2.14. The first-order chi connectivity index (χ1) is 8.67. The minimum atomic E-state index is -0.239. The van der Waals surface area contributed by atoms with E-state index in [1.807, 2.05) is 19.1 Å². The van der Waals surface area contributed by atoms with Gasteiger partial charge in [0.2, 0.25) is 0 Å². The lowest BCUT2D eigenvalue weighted by molar-refractivity contribution is -0.142. The summed E-state index contributed by atoms with van der Waals surface area (Å²) in [6.45, 7) is 4.23. The van der Waals surface area contributed by atoms with Crippen LogP contribution in [-0.4, -0.2) is 12.6 Å². The standard InChI is InChI=1S/C15H19FO2/c1-3-12-9-10-14(16)11-13(12)7-5-6-8-15(17)18-4-2/h5,7,9-11H,3-4,6,8H2,1-2H3/b7-5+. The number of aryl methyl sites for hydroxylation is 1. The van der Waals surface area contributed by atoms with Crippen molar-refractivity contribution in [2.45, 2.75) is 33.1 Å². The second-order valence-electron chi connectivity index (χ2n) is 3.94. The molecule has 0 aromatic heterocycles. The second kappa shape index (κ2) is 7.64. The molecule has 18 heavy (non-hydrogen) atoms. The van der Waals surface area contributed by atoms with Crippen LogP contribution in [0.3, 0.4) is 0 Å². The zero-order valence-corrected chi connectivity index (χ0v) is 10.9. The highest BCUT2D eigenvalue weighted by atomic mass is 19.1. The first-order valence-corrected chi connectivity index (χ1v) is 6.28. The van der Waals surface area contributed by atoms with E-state index in [2.05, 4.69) is 0 Å². The van der Waals surface area contributed by atoms with Crippen LogP contribution in [0.1, 0.15) is 37.8 Å². The van der Waals surface area contributed by atoms with Crippen molar-refractivity contribution < 1.29 is 13.9 Å². The summed E-state index contributed by atoms with van der Waals surface area (Å²) < 4.78 is 17.9. The Bertz CT molecular complexity index is 425. The molecule has 0 bridgehead atoms. The molecule has 1 aromatic rings. The zero-order valence-electron chi connectivity index (χ0n) is 10.9. The molecule has 0 unspecified atom stereocenters. The highest BCUT2D eigenvalue weighted by molar-refractivity contribution is 5.69. The Labute approximate surface area is 107 Å². The van der Waals surface area contributed by atoms with E-state index < -0.39 is 0 Å². The lowest BCUT2D eigenvalue weighted by atomic mass is 10.0. The molecule has 1 rings (SSSR count). The zero-order chi connectivity index (χ0) is 13.4. The molecule has 2 nitrogen and oxygen atoms in total. The molecule has 0 atom stereocenters. The van der Waals surface area contributed by atoms with Gasteiger partial charge in [-0.25, -0.2) is 4.39 Å². The topological polar surface area (TPSA) is 26.3 Å². The van der Waals surface area contributed by atoms with Crippen LogP contribution in [0.15, 0.2) is 24.3 Å². The summed E-state index contributed by atoms with van der Waals surface area (Å²) in [5.41, 5.74) is 1.98. The van der Waals surface area contributed by atoms with Gasteiger partial charge in [-0.1, -0.05) is 25.1 Å². The van der Waals surface area contributed by atoms with Gasteiger partial charge in [0.25, 0.3) is 0 Å². The van der Waals surface area contributed by atoms with E-state index >= 15 is 0 Å². The van der Waals surface area contributed by atoms with E-state index in [0.29, 0.717) is 19.4 Å². The smallest absolute Gasteiger partial charge is 0.306 e. The van der Waals surface area contributed by atoms with Gasteiger partial charge >= 0.3 is 5.97 Å². The summed E-state index contributed by atoms with van der Waals surface area (Å²) in [5, 5.41) is 0. The number of allylic oxidation sites excluding steroid dienone is 1. The lowest BCUT2D eigenvalue weighted by Gasteiger charge is -2.03. The molecule has 0 saturated carbocycles. The molecular formula is C15H19FO2. The molecule has 0 aliphatic carbocycles. The van der Waals surface area contributed by atoms with Crippen LogP contribution < -0.4 is 0 Å². The van der Waals surface area contributed by atoms with Crippen LogP contribution in [0.5, 0.6) is 0 Å². The lowest BCUT2D eigenvalue weighted by Crippen LogP contribution is -2.02. The van der Waals surface area contributed by atoms with E-state index in [9.17, 15) is 9.18 Å². The van der Waals surface area contributed by atoms with E-state index in [0.717, 1.165) is 17.5 Å². The maximum atomic E-state index is 13.1. The maximum absolute atomic E-state index is 13.1. The van der Waals surface area contributed by atoms with Crippen molar-refractivity contribution in [1.82, 2.24) is 0 Å². The number of benzene rings is 1. The Balaban J connectivity index is 2.56.